The number of methoxy groups -OCH3 is 2. The lowest BCUT2D eigenvalue weighted by molar-refractivity contribution is 0.0597. The molecule has 0 radical (unpaired) electrons. The molecule has 3 heteroatoms. The van der Waals surface area contributed by atoms with Crippen LogP contribution in [-0.2, 0) is 4.74 Å². The monoisotopic (exact) mass is 250 g/mol. The van der Waals surface area contributed by atoms with Crippen molar-refractivity contribution in [3.05, 3.63) is 29.3 Å². The molecule has 0 heterocycles. The van der Waals surface area contributed by atoms with Crippen molar-refractivity contribution in [1.29, 1.82) is 0 Å². The number of carbonyl (C=O) groups excluding carboxylic acids is 1. The Bertz CT molecular complexity index is 399. The summed E-state index contributed by atoms with van der Waals surface area (Å²) < 4.78 is 9.99. The number of unbranched alkanes of at least 4 members (excludes halogenated alkanes) is 1. The maximum absolute atomic E-state index is 11.5. The van der Waals surface area contributed by atoms with E-state index in [2.05, 4.69) is 13.8 Å². The van der Waals surface area contributed by atoms with Gasteiger partial charge >= 0.3 is 5.97 Å². The quantitative estimate of drug-likeness (QED) is 0.721. The zero-order valence-corrected chi connectivity index (χ0v) is 11.7. The van der Waals surface area contributed by atoms with Crippen LogP contribution in [0.2, 0.25) is 0 Å². The minimum Gasteiger partial charge on any atom is -0.496 e. The largest absolute Gasteiger partial charge is 0.496 e. The summed E-state index contributed by atoms with van der Waals surface area (Å²) in [4.78, 5) is 11.5. The van der Waals surface area contributed by atoms with Crippen LogP contribution in [0.1, 0.15) is 54.9 Å². The van der Waals surface area contributed by atoms with Crippen molar-refractivity contribution in [2.24, 2.45) is 0 Å². The van der Waals surface area contributed by atoms with Gasteiger partial charge in [-0.15, -0.1) is 0 Å². The van der Waals surface area contributed by atoms with Crippen LogP contribution >= 0.6 is 0 Å². The summed E-state index contributed by atoms with van der Waals surface area (Å²) in [6, 6.07) is 5.70. The van der Waals surface area contributed by atoms with Crippen LogP contribution in [0.15, 0.2) is 18.2 Å². The van der Waals surface area contributed by atoms with Gasteiger partial charge in [-0.05, 0) is 30.0 Å². The Hall–Kier alpha value is -1.51. The first-order valence-corrected chi connectivity index (χ1v) is 6.40. The molecular weight excluding hydrogens is 228 g/mol. The second-order valence-corrected chi connectivity index (χ2v) is 4.49. The molecule has 0 N–H and O–H groups in total. The number of hydrogen-bond donors (Lipinski definition) is 0. The average Bonchev–Trinajstić information content (AvgIpc) is 2.43. The van der Waals surface area contributed by atoms with E-state index < -0.39 is 0 Å². The molecule has 1 aromatic carbocycles. The first kappa shape index (κ1) is 14.6. The molecule has 0 aromatic heterocycles. The second kappa shape index (κ2) is 7.04. The zero-order valence-electron chi connectivity index (χ0n) is 11.7. The summed E-state index contributed by atoms with van der Waals surface area (Å²) in [6.07, 6.45) is 3.56. The van der Waals surface area contributed by atoms with E-state index in [1.54, 1.807) is 13.2 Å². The van der Waals surface area contributed by atoms with Gasteiger partial charge in [-0.2, -0.15) is 0 Å². The Morgan fingerprint density at radius 1 is 1.33 bits per heavy atom. The van der Waals surface area contributed by atoms with E-state index in [-0.39, 0.29) is 5.97 Å². The fraction of sp³-hybridized carbons (Fsp3) is 0.533. The van der Waals surface area contributed by atoms with Crippen LogP contribution in [0.5, 0.6) is 5.75 Å². The van der Waals surface area contributed by atoms with Crippen LogP contribution in [0.3, 0.4) is 0 Å². The van der Waals surface area contributed by atoms with Crippen molar-refractivity contribution < 1.29 is 14.3 Å². The number of esters is 1. The number of ether oxygens (including phenoxy) is 2. The van der Waals surface area contributed by atoms with E-state index in [0.29, 0.717) is 17.2 Å². The first-order valence-electron chi connectivity index (χ1n) is 6.40. The standard InChI is InChI=1S/C15H22O3/c1-5-6-7-11(2)12-8-9-13(15(16)18-4)14(10-12)17-3/h8-11H,5-7H2,1-4H3. The SMILES string of the molecule is CCCCC(C)c1ccc(C(=O)OC)c(OC)c1. The van der Waals surface area contributed by atoms with Crippen molar-refractivity contribution in [1.82, 2.24) is 0 Å². The molecule has 3 nitrogen and oxygen atoms in total. The summed E-state index contributed by atoms with van der Waals surface area (Å²) in [5.41, 5.74) is 1.68. The van der Waals surface area contributed by atoms with Gasteiger partial charge in [0.1, 0.15) is 11.3 Å². The molecule has 0 spiro atoms. The summed E-state index contributed by atoms with van der Waals surface area (Å²) >= 11 is 0. The molecular formula is C15H22O3. The van der Waals surface area contributed by atoms with Crippen LogP contribution in [0, 0.1) is 0 Å². The normalized spacial score (nSPS) is 12.0. The predicted octanol–water partition coefficient (Wildman–Crippen LogP) is 3.78. The van der Waals surface area contributed by atoms with Gasteiger partial charge in [0.25, 0.3) is 0 Å². The van der Waals surface area contributed by atoms with Crippen LogP contribution in [0.4, 0.5) is 0 Å². The molecule has 0 saturated heterocycles. The molecule has 0 amide bonds. The number of benzene rings is 1. The van der Waals surface area contributed by atoms with Gasteiger partial charge in [0.15, 0.2) is 0 Å². The molecule has 1 rings (SSSR count). The fourth-order valence-electron chi connectivity index (χ4n) is 1.97. The van der Waals surface area contributed by atoms with Crippen molar-refractivity contribution in [2.45, 2.75) is 39.0 Å². The zero-order chi connectivity index (χ0) is 13.5. The van der Waals surface area contributed by atoms with E-state index in [1.807, 2.05) is 12.1 Å². The lowest BCUT2D eigenvalue weighted by atomic mass is 9.94. The Morgan fingerprint density at radius 2 is 2.06 bits per heavy atom. The third-order valence-corrected chi connectivity index (χ3v) is 3.19. The molecule has 1 unspecified atom stereocenters. The fourth-order valence-corrected chi connectivity index (χ4v) is 1.97. The highest BCUT2D eigenvalue weighted by Crippen LogP contribution is 2.28. The summed E-state index contributed by atoms with van der Waals surface area (Å²) in [5.74, 6) is 0.702. The Labute approximate surface area is 109 Å². The highest BCUT2D eigenvalue weighted by atomic mass is 16.5. The van der Waals surface area contributed by atoms with Gasteiger partial charge in [0.05, 0.1) is 14.2 Å². The van der Waals surface area contributed by atoms with E-state index in [9.17, 15) is 4.79 Å². The van der Waals surface area contributed by atoms with E-state index >= 15 is 0 Å². The van der Waals surface area contributed by atoms with E-state index in [1.165, 1.54) is 25.5 Å². The van der Waals surface area contributed by atoms with Gasteiger partial charge in [0.2, 0.25) is 0 Å². The molecule has 18 heavy (non-hydrogen) atoms. The van der Waals surface area contributed by atoms with Crippen LogP contribution in [-0.4, -0.2) is 20.2 Å². The molecule has 0 aliphatic carbocycles. The van der Waals surface area contributed by atoms with Crippen molar-refractivity contribution in [3.63, 3.8) is 0 Å². The second-order valence-electron chi connectivity index (χ2n) is 4.49. The van der Waals surface area contributed by atoms with Crippen LogP contribution in [0.25, 0.3) is 0 Å². The Balaban J connectivity index is 2.94. The topological polar surface area (TPSA) is 35.5 Å². The van der Waals surface area contributed by atoms with Gasteiger partial charge in [-0.1, -0.05) is 32.8 Å². The van der Waals surface area contributed by atoms with Gasteiger partial charge in [-0.25, -0.2) is 4.79 Å². The molecule has 0 fully saturated rings. The molecule has 0 aliphatic rings. The number of carbonyl (C=O) groups is 1. The third kappa shape index (κ3) is 3.49. The maximum Gasteiger partial charge on any atom is 0.341 e. The molecule has 1 aromatic rings. The van der Waals surface area contributed by atoms with Crippen LogP contribution < -0.4 is 4.74 Å². The Morgan fingerprint density at radius 3 is 2.61 bits per heavy atom. The van der Waals surface area contributed by atoms with Gasteiger partial charge in [0, 0.05) is 0 Å². The summed E-state index contributed by atoms with van der Waals surface area (Å²) in [7, 11) is 2.95. The molecule has 1 atom stereocenters. The first-order chi connectivity index (χ1) is 8.63. The summed E-state index contributed by atoms with van der Waals surface area (Å²) in [6.45, 7) is 4.38. The predicted molar refractivity (Wildman–Crippen MR) is 72.3 cm³/mol. The molecule has 100 valence electrons. The minimum absolute atomic E-state index is 0.361. The third-order valence-electron chi connectivity index (χ3n) is 3.19. The van der Waals surface area contributed by atoms with E-state index in [4.69, 9.17) is 9.47 Å². The number of hydrogen-bond acceptors (Lipinski definition) is 3. The highest BCUT2D eigenvalue weighted by molar-refractivity contribution is 5.92. The lowest BCUT2D eigenvalue weighted by Gasteiger charge is -2.14. The lowest BCUT2D eigenvalue weighted by Crippen LogP contribution is -2.05. The van der Waals surface area contributed by atoms with Crippen molar-refractivity contribution in [3.8, 4) is 5.75 Å². The molecule has 0 aliphatic heterocycles. The summed E-state index contributed by atoms with van der Waals surface area (Å²) in [5, 5.41) is 0. The maximum atomic E-state index is 11.5. The minimum atomic E-state index is -0.361. The highest BCUT2D eigenvalue weighted by Gasteiger charge is 2.15. The molecule has 0 bridgehead atoms. The van der Waals surface area contributed by atoms with Crippen molar-refractivity contribution >= 4 is 5.97 Å². The average molecular weight is 250 g/mol. The van der Waals surface area contributed by atoms with E-state index in [0.717, 1.165) is 6.42 Å². The Kier molecular flexibility index (Phi) is 5.69. The van der Waals surface area contributed by atoms with Gasteiger partial charge in [-0.3, -0.25) is 0 Å². The van der Waals surface area contributed by atoms with Crippen molar-refractivity contribution in [2.75, 3.05) is 14.2 Å². The number of rotatable bonds is 6. The van der Waals surface area contributed by atoms with Gasteiger partial charge < -0.3 is 9.47 Å². The molecule has 0 saturated carbocycles. The smallest absolute Gasteiger partial charge is 0.341 e.